The largest absolute Gasteiger partial charge is 0.368 e. The Balaban J connectivity index is 1.66. The van der Waals surface area contributed by atoms with E-state index in [2.05, 4.69) is 32.3 Å². The van der Waals surface area contributed by atoms with Gasteiger partial charge in [-0.1, -0.05) is 0 Å². The van der Waals surface area contributed by atoms with Crippen molar-refractivity contribution < 1.29 is 0 Å². The molecule has 1 N–H and O–H groups in total. The van der Waals surface area contributed by atoms with Gasteiger partial charge in [0.25, 0.3) is 0 Å². The van der Waals surface area contributed by atoms with Gasteiger partial charge in [0.2, 0.25) is 0 Å². The van der Waals surface area contributed by atoms with Crippen LogP contribution in [0.3, 0.4) is 0 Å². The van der Waals surface area contributed by atoms with Gasteiger partial charge in [-0.25, -0.2) is 9.97 Å². The quantitative estimate of drug-likeness (QED) is 0.848. The van der Waals surface area contributed by atoms with Gasteiger partial charge in [-0.15, -0.1) is 0 Å². The lowest BCUT2D eigenvalue weighted by molar-refractivity contribution is 0.337. The van der Waals surface area contributed by atoms with E-state index in [1.165, 1.54) is 12.8 Å². The molecule has 0 saturated heterocycles. The van der Waals surface area contributed by atoms with Crippen molar-refractivity contribution in [2.24, 2.45) is 7.05 Å². The second kappa shape index (κ2) is 4.53. The molecule has 0 radical (unpaired) electrons. The highest BCUT2D eigenvalue weighted by Crippen LogP contribution is 2.25. The molecule has 3 rings (SSSR count). The van der Waals surface area contributed by atoms with Gasteiger partial charge in [0.05, 0.1) is 11.6 Å². The predicted octanol–water partition coefficient (Wildman–Crippen LogP) is 0.869. The van der Waals surface area contributed by atoms with E-state index in [9.17, 15) is 0 Å². The smallest absolute Gasteiger partial charge is 0.163 e. The van der Waals surface area contributed by atoms with Gasteiger partial charge in [0.1, 0.15) is 12.1 Å². The maximum absolute atomic E-state index is 4.28. The molecule has 0 amide bonds. The molecule has 0 unspecified atom stereocenters. The van der Waals surface area contributed by atoms with Crippen LogP contribution in [0.1, 0.15) is 12.8 Å². The van der Waals surface area contributed by atoms with Gasteiger partial charge >= 0.3 is 0 Å². The summed E-state index contributed by atoms with van der Waals surface area (Å²) in [5, 5.41) is 8.55. The van der Waals surface area contributed by atoms with Crippen LogP contribution in [0.15, 0.2) is 12.5 Å². The highest BCUT2D eigenvalue weighted by atomic mass is 15.3. The molecule has 1 aliphatic rings. The third-order valence-corrected chi connectivity index (χ3v) is 3.46. The number of anilines is 1. The van der Waals surface area contributed by atoms with E-state index >= 15 is 0 Å². The first kappa shape index (κ1) is 11.4. The lowest BCUT2D eigenvalue weighted by Gasteiger charge is -2.16. The molecule has 0 aliphatic heterocycles. The molecular formula is C12H18N6. The average Bonchev–Trinajstić information content (AvgIpc) is 3.15. The summed E-state index contributed by atoms with van der Waals surface area (Å²) in [5.41, 5.74) is 0.864. The zero-order chi connectivity index (χ0) is 12.5. The molecule has 2 heterocycles. The minimum atomic E-state index is 0.801. The normalized spacial score (nSPS) is 15.5. The van der Waals surface area contributed by atoms with Crippen molar-refractivity contribution in [3.05, 3.63) is 12.5 Å². The van der Waals surface area contributed by atoms with Gasteiger partial charge in [-0.2, -0.15) is 5.10 Å². The zero-order valence-electron chi connectivity index (χ0n) is 10.8. The minimum Gasteiger partial charge on any atom is -0.368 e. The Hall–Kier alpha value is -1.69. The van der Waals surface area contributed by atoms with Crippen molar-refractivity contribution in [2.75, 3.05) is 25.5 Å². The Morgan fingerprint density at radius 3 is 3.06 bits per heavy atom. The third-order valence-electron chi connectivity index (χ3n) is 3.46. The second-order valence-corrected chi connectivity index (χ2v) is 4.87. The third kappa shape index (κ3) is 2.15. The van der Waals surface area contributed by atoms with Crippen LogP contribution >= 0.6 is 0 Å². The van der Waals surface area contributed by atoms with Crippen LogP contribution in [-0.4, -0.2) is 50.8 Å². The molecule has 1 fully saturated rings. The van der Waals surface area contributed by atoms with Crippen molar-refractivity contribution in [1.82, 2.24) is 24.6 Å². The standard InChI is InChI=1S/C12H18N6/c1-17(9-3-4-9)6-5-13-11-10-7-16-18(2)12(10)15-8-14-11/h7-9H,3-6H2,1-2H3,(H,13,14,15). The Bertz CT molecular complexity index is 544. The molecular weight excluding hydrogens is 228 g/mol. The Morgan fingerprint density at radius 1 is 1.44 bits per heavy atom. The first-order valence-corrected chi connectivity index (χ1v) is 6.32. The first-order valence-electron chi connectivity index (χ1n) is 6.32. The maximum Gasteiger partial charge on any atom is 0.163 e. The molecule has 6 nitrogen and oxygen atoms in total. The van der Waals surface area contributed by atoms with E-state index in [1.807, 2.05) is 13.2 Å². The summed E-state index contributed by atoms with van der Waals surface area (Å²) in [6, 6.07) is 0.801. The van der Waals surface area contributed by atoms with Crippen LogP contribution in [0.2, 0.25) is 0 Å². The summed E-state index contributed by atoms with van der Waals surface area (Å²) < 4.78 is 1.76. The average molecular weight is 246 g/mol. The number of fused-ring (bicyclic) bond motifs is 1. The van der Waals surface area contributed by atoms with Gasteiger partial charge in [0.15, 0.2) is 5.65 Å². The molecule has 96 valence electrons. The highest BCUT2D eigenvalue weighted by molar-refractivity contribution is 5.85. The second-order valence-electron chi connectivity index (χ2n) is 4.87. The molecule has 2 aromatic heterocycles. The summed E-state index contributed by atoms with van der Waals surface area (Å²) in [4.78, 5) is 10.9. The van der Waals surface area contributed by atoms with Crippen molar-refractivity contribution in [3.63, 3.8) is 0 Å². The van der Waals surface area contributed by atoms with E-state index in [-0.39, 0.29) is 0 Å². The first-order chi connectivity index (χ1) is 8.75. The van der Waals surface area contributed by atoms with E-state index in [4.69, 9.17) is 0 Å². The van der Waals surface area contributed by atoms with Crippen LogP contribution in [0.5, 0.6) is 0 Å². The maximum atomic E-state index is 4.28. The van der Waals surface area contributed by atoms with Crippen molar-refractivity contribution >= 4 is 16.9 Å². The summed E-state index contributed by atoms with van der Waals surface area (Å²) in [6.07, 6.45) is 6.08. The Kier molecular flexibility index (Phi) is 2.87. The predicted molar refractivity (Wildman–Crippen MR) is 70.4 cm³/mol. The van der Waals surface area contributed by atoms with Crippen molar-refractivity contribution in [1.29, 1.82) is 0 Å². The fourth-order valence-electron chi connectivity index (χ4n) is 2.15. The SMILES string of the molecule is CN(CCNc1ncnc2c1cnn2C)C1CC1. The molecule has 2 aromatic rings. The van der Waals surface area contributed by atoms with Crippen molar-refractivity contribution in [3.8, 4) is 0 Å². The molecule has 0 atom stereocenters. The van der Waals surface area contributed by atoms with E-state index in [0.29, 0.717) is 0 Å². The van der Waals surface area contributed by atoms with Gasteiger partial charge in [0, 0.05) is 26.2 Å². The monoisotopic (exact) mass is 246 g/mol. The number of rotatable bonds is 5. The molecule has 0 aromatic carbocycles. The van der Waals surface area contributed by atoms with Crippen LogP contribution in [-0.2, 0) is 7.05 Å². The van der Waals surface area contributed by atoms with Gasteiger partial charge in [-0.05, 0) is 19.9 Å². The summed E-state index contributed by atoms with van der Waals surface area (Å²) in [5.74, 6) is 0.872. The molecule has 0 spiro atoms. The number of hydrogen-bond donors (Lipinski definition) is 1. The minimum absolute atomic E-state index is 0.801. The summed E-state index contributed by atoms with van der Waals surface area (Å²) in [6.45, 7) is 1.93. The number of aryl methyl sites for hydroxylation is 1. The molecule has 6 heteroatoms. The molecule has 0 bridgehead atoms. The van der Waals surface area contributed by atoms with Gasteiger partial charge in [-0.3, -0.25) is 4.68 Å². The fourth-order valence-corrected chi connectivity index (χ4v) is 2.15. The zero-order valence-corrected chi connectivity index (χ0v) is 10.8. The van der Waals surface area contributed by atoms with Crippen LogP contribution < -0.4 is 5.32 Å². The highest BCUT2D eigenvalue weighted by Gasteiger charge is 2.25. The molecule has 18 heavy (non-hydrogen) atoms. The summed E-state index contributed by atoms with van der Waals surface area (Å²) in [7, 11) is 4.07. The van der Waals surface area contributed by atoms with E-state index in [0.717, 1.165) is 36.0 Å². The topological polar surface area (TPSA) is 58.9 Å². The van der Waals surface area contributed by atoms with Crippen LogP contribution in [0.4, 0.5) is 5.82 Å². The Morgan fingerprint density at radius 2 is 2.28 bits per heavy atom. The Labute approximate surface area is 106 Å². The van der Waals surface area contributed by atoms with Crippen molar-refractivity contribution in [2.45, 2.75) is 18.9 Å². The summed E-state index contributed by atoms with van der Waals surface area (Å²) >= 11 is 0. The fraction of sp³-hybridized carbons (Fsp3) is 0.583. The van der Waals surface area contributed by atoms with Crippen LogP contribution in [0, 0.1) is 0 Å². The van der Waals surface area contributed by atoms with Crippen LogP contribution in [0.25, 0.3) is 11.0 Å². The lowest BCUT2D eigenvalue weighted by Crippen LogP contribution is -2.27. The number of aromatic nitrogens is 4. The number of nitrogens with zero attached hydrogens (tertiary/aromatic N) is 5. The number of nitrogens with one attached hydrogen (secondary N) is 1. The van der Waals surface area contributed by atoms with E-state index in [1.54, 1.807) is 11.0 Å². The number of likely N-dealkylation sites (N-methyl/N-ethyl adjacent to an activating group) is 1. The molecule has 1 saturated carbocycles. The van der Waals surface area contributed by atoms with Gasteiger partial charge < -0.3 is 10.2 Å². The molecule has 1 aliphatic carbocycles. The van der Waals surface area contributed by atoms with E-state index < -0.39 is 0 Å². The lowest BCUT2D eigenvalue weighted by atomic mass is 10.4. The number of hydrogen-bond acceptors (Lipinski definition) is 5.